The van der Waals surface area contributed by atoms with Crippen LogP contribution in [0.15, 0.2) is 18.2 Å². The smallest absolute Gasteiger partial charge is 0.222 e. The Morgan fingerprint density at radius 2 is 1.95 bits per heavy atom. The molecule has 0 saturated heterocycles. The molecule has 1 aromatic carbocycles. The van der Waals surface area contributed by atoms with Crippen molar-refractivity contribution in [3.8, 4) is 0 Å². The fourth-order valence-electron chi connectivity index (χ4n) is 2.75. The number of carbonyl (C=O) groups is 1. The molecule has 1 fully saturated rings. The maximum atomic E-state index is 13.1. The molecule has 1 aliphatic carbocycles. The van der Waals surface area contributed by atoms with Gasteiger partial charge < -0.3 is 5.32 Å². The van der Waals surface area contributed by atoms with Crippen molar-refractivity contribution in [1.29, 1.82) is 0 Å². The van der Waals surface area contributed by atoms with E-state index in [2.05, 4.69) is 12.2 Å². The lowest BCUT2D eigenvalue weighted by Crippen LogP contribution is -2.28. The van der Waals surface area contributed by atoms with Crippen LogP contribution in [-0.4, -0.2) is 13.0 Å². The minimum Gasteiger partial charge on any atom is -0.359 e. The van der Waals surface area contributed by atoms with Gasteiger partial charge in [-0.3, -0.25) is 4.79 Å². The van der Waals surface area contributed by atoms with Crippen LogP contribution in [0.4, 0.5) is 8.78 Å². The van der Waals surface area contributed by atoms with Crippen molar-refractivity contribution in [2.45, 2.75) is 32.6 Å². The molecule has 20 heavy (non-hydrogen) atoms. The zero-order chi connectivity index (χ0) is 14.7. The lowest BCUT2D eigenvalue weighted by Gasteiger charge is -2.15. The first-order valence-electron chi connectivity index (χ1n) is 7.16. The van der Waals surface area contributed by atoms with Crippen LogP contribution in [0.3, 0.4) is 0 Å². The molecule has 3 atom stereocenters. The number of hydrogen-bond acceptors (Lipinski definition) is 1. The summed E-state index contributed by atoms with van der Waals surface area (Å²) in [6.45, 7) is 2.19. The molecule has 3 unspecified atom stereocenters. The Kier molecular flexibility index (Phi) is 4.73. The van der Waals surface area contributed by atoms with Gasteiger partial charge in [-0.25, -0.2) is 8.78 Å². The average Bonchev–Trinajstić information content (AvgIpc) is 3.08. The Morgan fingerprint density at radius 3 is 2.45 bits per heavy atom. The van der Waals surface area contributed by atoms with Crippen LogP contribution >= 0.6 is 0 Å². The zero-order valence-electron chi connectivity index (χ0n) is 12.0. The van der Waals surface area contributed by atoms with Gasteiger partial charge in [0.15, 0.2) is 0 Å². The molecule has 0 bridgehead atoms. The van der Waals surface area contributed by atoms with E-state index in [1.54, 1.807) is 7.05 Å². The van der Waals surface area contributed by atoms with Gasteiger partial charge in [-0.2, -0.15) is 0 Å². The monoisotopic (exact) mass is 281 g/mol. The summed E-state index contributed by atoms with van der Waals surface area (Å²) < 4.78 is 26.3. The number of amides is 1. The summed E-state index contributed by atoms with van der Waals surface area (Å²) in [4.78, 5) is 11.9. The highest BCUT2D eigenvalue weighted by Gasteiger charge is 2.35. The molecule has 4 heteroatoms. The number of nitrogens with one attached hydrogen (secondary N) is 1. The Balaban J connectivity index is 1.95. The highest BCUT2D eigenvalue weighted by atomic mass is 19.1. The van der Waals surface area contributed by atoms with Gasteiger partial charge in [-0.05, 0) is 55.2 Å². The quantitative estimate of drug-likeness (QED) is 0.851. The predicted molar refractivity (Wildman–Crippen MR) is 74.1 cm³/mol. The van der Waals surface area contributed by atoms with Crippen molar-refractivity contribution in [1.82, 2.24) is 5.32 Å². The Labute approximate surface area is 118 Å². The second-order valence-corrected chi connectivity index (χ2v) is 5.84. The first-order chi connectivity index (χ1) is 9.49. The second-order valence-electron chi connectivity index (χ2n) is 5.84. The molecule has 1 N–H and O–H groups in total. The van der Waals surface area contributed by atoms with Crippen molar-refractivity contribution in [3.05, 3.63) is 35.4 Å². The molecule has 110 valence electrons. The molecule has 1 aliphatic rings. The van der Waals surface area contributed by atoms with Crippen molar-refractivity contribution >= 4 is 5.91 Å². The molecule has 1 amide bonds. The fraction of sp³-hybridized carbons (Fsp3) is 0.562. The van der Waals surface area contributed by atoms with E-state index in [0.29, 0.717) is 30.2 Å². The third-order valence-electron chi connectivity index (χ3n) is 4.18. The van der Waals surface area contributed by atoms with Crippen LogP contribution in [0.5, 0.6) is 0 Å². The van der Waals surface area contributed by atoms with Crippen molar-refractivity contribution < 1.29 is 13.6 Å². The first-order valence-corrected chi connectivity index (χ1v) is 7.16. The molecular formula is C16H21F2NO. The van der Waals surface area contributed by atoms with Crippen LogP contribution in [0, 0.1) is 29.4 Å². The summed E-state index contributed by atoms with van der Waals surface area (Å²) in [6.07, 6.45) is 3.21. The fourth-order valence-corrected chi connectivity index (χ4v) is 2.75. The van der Waals surface area contributed by atoms with Crippen molar-refractivity contribution in [3.63, 3.8) is 0 Å². The molecule has 1 aromatic rings. The van der Waals surface area contributed by atoms with E-state index >= 15 is 0 Å². The summed E-state index contributed by atoms with van der Waals surface area (Å²) in [5.41, 5.74) is 0.611. The predicted octanol–water partition coefficient (Wildman–Crippen LogP) is 3.31. The highest BCUT2D eigenvalue weighted by Crippen LogP contribution is 2.43. The summed E-state index contributed by atoms with van der Waals surface area (Å²) in [7, 11) is 1.63. The number of rotatable bonds is 6. The van der Waals surface area contributed by atoms with Crippen LogP contribution < -0.4 is 5.32 Å². The molecule has 1 saturated carbocycles. The lowest BCUT2D eigenvalue weighted by molar-refractivity contribution is -0.125. The number of aryl methyl sites for hydroxylation is 1. The van der Waals surface area contributed by atoms with E-state index in [-0.39, 0.29) is 11.8 Å². The number of benzene rings is 1. The molecule has 0 spiro atoms. The van der Waals surface area contributed by atoms with E-state index in [1.807, 2.05) is 0 Å². The molecule has 2 nitrogen and oxygen atoms in total. The standard InChI is InChI=1S/C16H21F2NO/c1-10-5-13(10)8-12(16(20)19-2)4-3-11-6-14(17)9-15(18)7-11/h6-7,9-10,12-13H,3-5,8H2,1-2H3,(H,19,20). The minimum absolute atomic E-state index is 0.0287. The Morgan fingerprint density at radius 1 is 1.35 bits per heavy atom. The van der Waals surface area contributed by atoms with Gasteiger partial charge in [-0.15, -0.1) is 0 Å². The van der Waals surface area contributed by atoms with E-state index in [4.69, 9.17) is 0 Å². The van der Waals surface area contributed by atoms with E-state index in [9.17, 15) is 13.6 Å². The number of carbonyl (C=O) groups excluding carboxylic acids is 1. The molecule has 0 radical (unpaired) electrons. The lowest BCUT2D eigenvalue weighted by atomic mass is 9.93. The third-order valence-corrected chi connectivity index (χ3v) is 4.18. The van der Waals surface area contributed by atoms with Crippen LogP contribution in [-0.2, 0) is 11.2 Å². The largest absolute Gasteiger partial charge is 0.359 e. The first kappa shape index (κ1) is 14.9. The van der Waals surface area contributed by atoms with Crippen molar-refractivity contribution in [2.24, 2.45) is 17.8 Å². The van der Waals surface area contributed by atoms with E-state index < -0.39 is 11.6 Å². The molecule has 0 aliphatic heterocycles. The van der Waals surface area contributed by atoms with Crippen LogP contribution in [0.25, 0.3) is 0 Å². The highest BCUT2D eigenvalue weighted by molar-refractivity contribution is 5.78. The van der Waals surface area contributed by atoms with E-state index in [1.165, 1.54) is 18.6 Å². The van der Waals surface area contributed by atoms with Gasteiger partial charge in [0.1, 0.15) is 11.6 Å². The Bertz CT molecular complexity index is 469. The van der Waals surface area contributed by atoms with E-state index in [0.717, 1.165) is 12.5 Å². The van der Waals surface area contributed by atoms with Crippen LogP contribution in [0.2, 0.25) is 0 Å². The van der Waals surface area contributed by atoms with Gasteiger partial charge >= 0.3 is 0 Å². The summed E-state index contributed by atoms with van der Waals surface area (Å²) >= 11 is 0. The van der Waals surface area contributed by atoms with Gasteiger partial charge in [0.25, 0.3) is 0 Å². The summed E-state index contributed by atoms with van der Waals surface area (Å²) in [6, 6.07) is 3.54. The maximum Gasteiger partial charge on any atom is 0.222 e. The normalized spacial score (nSPS) is 22.4. The molecule has 0 aromatic heterocycles. The van der Waals surface area contributed by atoms with Gasteiger partial charge in [0.05, 0.1) is 0 Å². The van der Waals surface area contributed by atoms with Gasteiger partial charge in [0.2, 0.25) is 5.91 Å². The number of hydrogen-bond donors (Lipinski definition) is 1. The van der Waals surface area contributed by atoms with Gasteiger partial charge in [-0.1, -0.05) is 6.92 Å². The molecule has 0 heterocycles. The van der Waals surface area contributed by atoms with Gasteiger partial charge in [0, 0.05) is 19.0 Å². The van der Waals surface area contributed by atoms with Crippen molar-refractivity contribution in [2.75, 3.05) is 7.05 Å². The SMILES string of the molecule is CNC(=O)C(CCc1cc(F)cc(F)c1)CC1CC1C. The van der Waals surface area contributed by atoms with Crippen LogP contribution in [0.1, 0.15) is 31.7 Å². The molecule has 2 rings (SSSR count). The maximum absolute atomic E-state index is 13.1. The topological polar surface area (TPSA) is 29.1 Å². The minimum atomic E-state index is -0.563. The average molecular weight is 281 g/mol. The summed E-state index contributed by atoms with van der Waals surface area (Å²) in [5.74, 6) is 0.164. The number of halogens is 2. The second kappa shape index (κ2) is 6.33. The Hall–Kier alpha value is -1.45. The summed E-state index contributed by atoms with van der Waals surface area (Å²) in [5, 5.41) is 2.68. The third kappa shape index (κ3) is 4.02. The zero-order valence-corrected chi connectivity index (χ0v) is 12.0. The molecular weight excluding hydrogens is 260 g/mol.